The molecule has 0 atom stereocenters. The number of anilines is 1. The van der Waals surface area contributed by atoms with Crippen molar-refractivity contribution in [2.45, 2.75) is 13.2 Å². The molecule has 6 heteroatoms. The molecule has 0 bridgehead atoms. The van der Waals surface area contributed by atoms with Crippen LogP contribution in [0.25, 0.3) is 0 Å². The lowest BCUT2D eigenvalue weighted by Crippen LogP contribution is -2.36. The van der Waals surface area contributed by atoms with E-state index in [0.717, 1.165) is 43.2 Å². The summed E-state index contributed by atoms with van der Waals surface area (Å²) >= 11 is 0. The van der Waals surface area contributed by atoms with E-state index in [1.54, 1.807) is 11.9 Å². The van der Waals surface area contributed by atoms with E-state index < -0.39 is 0 Å². The number of carbonyl (C=O) groups is 1. The fraction of sp³-hybridized carbons (Fsp3) is 0.296. The number of ether oxygens (including phenoxy) is 3. The molecule has 3 aromatic rings. The molecule has 0 spiro atoms. The van der Waals surface area contributed by atoms with Crippen molar-refractivity contribution < 1.29 is 19.0 Å². The molecule has 0 radical (unpaired) electrons. The van der Waals surface area contributed by atoms with E-state index in [9.17, 15) is 4.79 Å². The first kappa shape index (κ1) is 22.7. The Hall–Kier alpha value is -3.51. The highest BCUT2D eigenvalue weighted by Crippen LogP contribution is 2.20. The van der Waals surface area contributed by atoms with E-state index in [4.69, 9.17) is 14.2 Å². The number of hydrogen-bond acceptors (Lipinski definition) is 5. The molecule has 1 aliphatic rings. The van der Waals surface area contributed by atoms with Crippen molar-refractivity contribution >= 4 is 11.6 Å². The number of carbonyl (C=O) groups excluding carboxylic acids is 1. The van der Waals surface area contributed by atoms with Gasteiger partial charge in [0.15, 0.2) is 6.61 Å². The molecule has 3 aromatic carbocycles. The first-order valence-corrected chi connectivity index (χ1v) is 11.2. The van der Waals surface area contributed by atoms with Gasteiger partial charge in [0.2, 0.25) is 0 Å². The van der Waals surface area contributed by atoms with Crippen LogP contribution in [-0.4, -0.2) is 50.8 Å². The van der Waals surface area contributed by atoms with Crippen molar-refractivity contribution in [3.8, 4) is 11.5 Å². The van der Waals surface area contributed by atoms with Gasteiger partial charge < -0.3 is 24.0 Å². The molecule has 6 nitrogen and oxygen atoms in total. The van der Waals surface area contributed by atoms with Gasteiger partial charge in [-0.1, -0.05) is 42.5 Å². The Morgan fingerprint density at radius 3 is 2.15 bits per heavy atom. The maximum Gasteiger partial charge on any atom is 0.260 e. The molecule has 1 amide bonds. The second kappa shape index (κ2) is 11.4. The maximum absolute atomic E-state index is 12.5. The van der Waals surface area contributed by atoms with Gasteiger partial charge in [0.1, 0.15) is 18.1 Å². The van der Waals surface area contributed by atoms with Crippen LogP contribution >= 0.6 is 0 Å². The lowest BCUT2D eigenvalue weighted by Gasteiger charge is -2.29. The van der Waals surface area contributed by atoms with E-state index in [-0.39, 0.29) is 12.5 Å². The average molecular weight is 447 g/mol. The largest absolute Gasteiger partial charge is 0.489 e. The average Bonchev–Trinajstić information content (AvgIpc) is 2.88. The number of morpholine rings is 1. The highest BCUT2D eigenvalue weighted by Gasteiger charge is 2.13. The van der Waals surface area contributed by atoms with Gasteiger partial charge in [0.05, 0.1) is 13.2 Å². The third-order valence-electron chi connectivity index (χ3n) is 5.59. The van der Waals surface area contributed by atoms with E-state index in [0.29, 0.717) is 18.9 Å². The van der Waals surface area contributed by atoms with Crippen molar-refractivity contribution in [1.29, 1.82) is 0 Å². The molecule has 0 aromatic heterocycles. The highest BCUT2D eigenvalue weighted by atomic mass is 16.5. The third-order valence-corrected chi connectivity index (χ3v) is 5.59. The zero-order valence-electron chi connectivity index (χ0n) is 19.0. The minimum atomic E-state index is -0.0725. The second-order valence-electron chi connectivity index (χ2n) is 8.05. The smallest absolute Gasteiger partial charge is 0.260 e. The number of amides is 1. The van der Waals surface area contributed by atoms with Crippen molar-refractivity contribution in [1.82, 2.24) is 4.90 Å². The molecule has 0 unspecified atom stereocenters. The summed E-state index contributed by atoms with van der Waals surface area (Å²) < 4.78 is 16.9. The van der Waals surface area contributed by atoms with Gasteiger partial charge >= 0.3 is 0 Å². The van der Waals surface area contributed by atoms with Gasteiger partial charge in [-0.25, -0.2) is 0 Å². The van der Waals surface area contributed by atoms with Gasteiger partial charge in [0.25, 0.3) is 5.91 Å². The van der Waals surface area contributed by atoms with Crippen LogP contribution in [0, 0.1) is 0 Å². The van der Waals surface area contributed by atoms with E-state index >= 15 is 0 Å². The van der Waals surface area contributed by atoms with Crippen LogP contribution in [0.4, 0.5) is 5.69 Å². The monoisotopic (exact) mass is 446 g/mol. The summed E-state index contributed by atoms with van der Waals surface area (Å²) in [6.07, 6.45) is 0. The van der Waals surface area contributed by atoms with Crippen LogP contribution in [0.2, 0.25) is 0 Å². The van der Waals surface area contributed by atoms with Gasteiger partial charge in [-0.15, -0.1) is 0 Å². The van der Waals surface area contributed by atoms with Crippen LogP contribution in [0.3, 0.4) is 0 Å². The Balaban J connectivity index is 1.21. The van der Waals surface area contributed by atoms with Crippen molar-refractivity contribution in [3.05, 3.63) is 90.0 Å². The lowest BCUT2D eigenvalue weighted by atomic mass is 10.1. The zero-order valence-corrected chi connectivity index (χ0v) is 19.0. The predicted octanol–water partition coefficient (Wildman–Crippen LogP) is 4.14. The fourth-order valence-electron chi connectivity index (χ4n) is 3.62. The first-order chi connectivity index (χ1) is 16.2. The summed E-state index contributed by atoms with van der Waals surface area (Å²) in [5, 5.41) is 0. The molecule has 1 saturated heterocycles. The van der Waals surface area contributed by atoms with E-state index in [2.05, 4.69) is 29.2 Å². The lowest BCUT2D eigenvalue weighted by molar-refractivity contribution is -0.132. The molecule has 33 heavy (non-hydrogen) atoms. The molecule has 1 aliphatic heterocycles. The molecular weight excluding hydrogens is 416 g/mol. The number of nitrogens with zero attached hydrogens (tertiary/aromatic N) is 2. The normalized spacial score (nSPS) is 13.4. The molecule has 0 aliphatic carbocycles. The summed E-state index contributed by atoms with van der Waals surface area (Å²) in [7, 11) is 1.79. The van der Waals surface area contributed by atoms with Crippen molar-refractivity contribution in [2.24, 2.45) is 0 Å². The Labute approximate surface area is 195 Å². The summed E-state index contributed by atoms with van der Waals surface area (Å²) in [6, 6.07) is 25.7. The van der Waals surface area contributed by atoms with Gasteiger partial charge in [-0.2, -0.15) is 0 Å². The molecule has 1 heterocycles. The van der Waals surface area contributed by atoms with Crippen LogP contribution in [0.15, 0.2) is 78.9 Å². The first-order valence-electron chi connectivity index (χ1n) is 11.2. The Kier molecular flexibility index (Phi) is 7.82. The van der Waals surface area contributed by atoms with E-state index in [1.807, 2.05) is 54.6 Å². The van der Waals surface area contributed by atoms with E-state index in [1.165, 1.54) is 5.69 Å². The van der Waals surface area contributed by atoms with Crippen molar-refractivity contribution in [3.63, 3.8) is 0 Å². The molecule has 172 valence electrons. The predicted molar refractivity (Wildman–Crippen MR) is 129 cm³/mol. The molecule has 0 saturated carbocycles. The van der Waals surface area contributed by atoms with Gasteiger partial charge in [0, 0.05) is 32.4 Å². The van der Waals surface area contributed by atoms with Crippen LogP contribution in [0.1, 0.15) is 11.1 Å². The number of rotatable bonds is 9. The SMILES string of the molecule is CN(Cc1ccc(N2CCOCC2)cc1)C(=O)COc1ccc(OCc2ccccc2)cc1. The van der Waals surface area contributed by atoms with Gasteiger partial charge in [-0.05, 0) is 47.5 Å². The summed E-state index contributed by atoms with van der Waals surface area (Å²) in [6.45, 7) is 4.40. The summed E-state index contributed by atoms with van der Waals surface area (Å²) in [5.74, 6) is 1.32. The minimum Gasteiger partial charge on any atom is -0.489 e. The Morgan fingerprint density at radius 2 is 1.48 bits per heavy atom. The molecular formula is C27H30N2O4. The molecule has 0 N–H and O–H groups in total. The van der Waals surface area contributed by atoms with Crippen molar-refractivity contribution in [2.75, 3.05) is 44.9 Å². The maximum atomic E-state index is 12.5. The summed E-state index contributed by atoms with van der Waals surface area (Å²) in [5.41, 5.74) is 3.39. The molecule has 4 rings (SSSR count). The molecule has 1 fully saturated rings. The topological polar surface area (TPSA) is 51.2 Å². The standard InChI is InChI=1S/C27H30N2O4/c1-28(19-22-7-9-24(10-8-22)29-15-17-31-18-16-29)27(30)21-33-26-13-11-25(12-14-26)32-20-23-5-3-2-4-6-23/h2-14H,15-21H2,1H3. The van der Waals surface area contributed by atoms with Crippen LogP contribution in [0.5, 0.6) is 11.5 Å². The number of benzene rings is 3. The zero-order chi connectivity index (χ0) is 22.9. The van der Waals surface area contributed by atoms with Crippen LogP contribution < -0.4 is 14.4 Å². The number of hydrogen-bond donors (Lipinski definition) is 0. The quantitative estimate of drug-likeness (QED) is 0.495. The summed E-state index contributed by atoms with van der Waals surface area (Å²) in [4.78, 5) is 16.5. The Bertz CT molecular complexity index is 1000. The Morgan fingerprint density at radius 1 is 0.848 bits per heavy atom. The highest BCUT2D eigenvalue weighted by molar-refractivity contribution is 5.77. The third kappa shape index (κ3) is 6.73. The number of likely N-dealkylation sites (N-methyl/N-ethyl adjacent to an activating group) is 1. The fourth-order valence-corrected chi connectivity index (χ4v) is 3.62. The van der Waals surface area contributed by atoms with Crippen LogP contribution in [-0.2, 0) is 22.7 Å². The van der Waals surface area contributed by atoms with Gasteiger partial charge in [-0.3, -0.25) is 4.79 Å². The minimum absolute atomic E-state index is 0.00736. The second-order valence-corrected chi connectivity index (χ2v) is 8.05.